The van der Waals surface area contributed by atoms with E-state index in [1.807, 2.05) is 24.3 Å². The summed E-state index contributed by atoms with van der Waals surface area (Å²) in [7, 11) is 1.66. The molecule has 0 saturated carbocycles. The number of ether oxygens (including phenoxy) is 3. The van der Waals surface area contributed by atoms with Crippen LogP contribution >= 0.6 is 0 Å². The molecule has 3 nitrogen and oxygen atoms in total. The Morgan fingerprint density at radius 1 is 1.06 bits per heavy atom. The van der Waals surface area contributed by atoms with Crippen molar-refractivity contribution in [3.8, 4) is 5.75 Å². The Hall–Kier alpha value is -1.06. The second kappa shape index (κ2) is 4.85. The predicted molar refractivity (Wildman–Crippen MR) is 61.4 cm³/mol. The van der Waals surface area contributed by atoms with Crippen LogP contribution in [0.3, 0.4) is 0 Å². The lowest BCUT2D eigenvalue weighted by atomic mass is 10.1. The van der Waals surface area contributed by atoms with Crippen molar-refractivity contribution in [2.75, 3.05) is 7.11 Å². The van der Waals surface area contributed by atoms with Crippen LogP contribution < -0.4 is 4.74 Å². The minimum atomic E-state index is -0.246. The average Bonchev–Trinajstić information content (AvgIpc) is 2.28. The normalized spacial score (nSPS) is 30.1. The molecule has 1 aromatic rings. The average molecular weight is 222 g/mol. The molecule has 1 fully saturated rings. The lowest BCUT2D eigenvalue weighted by Gasteiger charge is -2.32. The van der Waals surface area contributed by atoms with E-state index >= 15 is 0 Å². The molecule has 1 heterocycles. The first-order chi connectivity index (χ1) is 7.69. The van der Waals surface area contributed by atoms with Crippen molar-refractivity contribution in [1.82, 2.24) is 0 Å². The first-order valence-electron chi connectivity index (χ1n) is 5.64. The zero-order chi connectivity index (χ0) is 11.5. The number of hydrogen-bond donors (Lipinski definition) is 0. The van der Waals surface area contributed by atoms with Crippen molar-refractivity contribution in [3.05, 3.63) is 29.8 Å². The van der Waals surface area contributed by atoms with Crippen LogP contribution in [0.25, 0.3) is 0 Å². The molecule has 0 N–H and O–H groups in total. The van der Waals surface area contributed by atoms with Gasteiger partial charge in [-0.05, 0) is 32.4 Å². The van der Waals surface area contributed by atoms with E-state index < -0.39 is 0 Å². The van der Waals surface area contributed by atoms with Crippen molar-refractivity contribution < 1.29 is 14.2 Å². The Morgan fingerprint density at radius 2 is 1.62 bits per heavy atom. The first-order valence-corrected chi connectivity index (χ1v) is 5.64. The Labute approximate surface area is 96.3 Å². The molecule has 0 unspecified atom stereocenters. The fourth-order valence-electron chi connectivity index (χ4n) is 1.95. The highest BCUT2D eigenvalue weighted by atomic mass is 16.7. The van der Waals surface area contributed by atoms with Crippen molar-refractivity contribution in [3.63, 3.8) is 0 Å². The highest BCUT2D eigenvalue weighted by Crippen LogP contribution is 2.30. The minimum absolute atomic E-state index is 0.246. The highest BCUT2D eigenvalue weighted by Gasteiger charge is 2.25. The third-order valence-corrected chi connectivity index (χ3v) is 2.76. The van der Waals surface area contributed by atoms with Crippen LogP contribution in [0, 0.1) is 0 Å². The second-order valence-electron chi connectivity index (χ2n) is 4.23. The van der Waals surface area contributed by atoms with Crippen molar-refractivity contribution in [2.24, 2.45) is 0 Å². The highest BCUT2D eigenvalue weighted by molar-refractivity contribution is 5.27. The maximum absolute atomic E-state index is 5.75. The van der Waals surface area contributed by atoms with Gasteiger partial charge in [-0.1, -0.05) is 12.1 Å². The molecular weight excluding hydrogens is 204 g/mol. The molecule has 0 spiro atoms. The summed E-state index contributed by atoms with van der Waals surface area (Å²) in [6.45, 7) is 4.16. The predicted octanol–water partition coefficient (Wildman–Crippen LogP) is 2.91. The first kappa shape index (κ1) is 11.4. The Balaban J connectivity index is 2.10. The topological polar surface area (TPSA) is 27.7 Å². The van der Waals surface area contributed by atoms with E-state index in [1.165, 1.54) is 0 Å². The zero-order valence-electron chi connectivity index (χ0n) is 9.97. The second-order valence-corrected chi connectivity index (χ2v) is 4.23. The van der Waals surface area contributed by atoms with Crippen LogP contribution in [0.1, 0.15) is 32.1 Å². The summed E-state index contributed by atoms with van der Waals surface area (Å²) in [6, 6.07) is 7.81. The van der Waals surface area contributed by atoms with Gasteiger partial charge in [0.1, 0.15) is 5.75 Å². The standard InChI is InChI=1S/C13H18O3/c1-9-8-10(2)16-13(15-9)11-4-6-12(14-3)7-5-11/h4-7,9-10,13H,8H2,1-3H3/t9-,10-/m0/s1. The number of methoxy groups -OCH3 is 1. The summed E-state index contributed by atoms with van der Waals surface area (Å²) < 4.78 is 16.6. The summed E-state index contributed by atoms with van der Waals surface area (Å²) in [6.07, 6.45) is 1.20. The van der Waals surface area contributed by atoms with Crippen LogP contribution in [0.15, 0.2) is 24.3 Å². The Bertz CT molecular complexity index is 324. The van der Waals surface area contributed by atoms with E-state index in [-0.39, 0.29) is 18.5 Å². The molecule has 0 aromatic heterocycles. The van der Waals surface area contributed by atoms with Crippen molar-refractivity contribution >= 4 is 0 Å². The van der Waals surface area contributed by atoms with Crippen LogP contribution in [-0.4, -0.2) is 19.3 Å². The quantitative estimate of drug-likeness (QED) is 0.770. The van der Waals surface area contributed by atoms with E-state index in [1.54, 1.807) is 7.11 Å². The number of benzene rings is 1. The van der Waals surface area contributed by atoms with E-state index in [4.69, 9.17) is 14.2 Å². The molecule has 1 aliphatic rings. The third kappa shape index (κ3) is 2.54. The van der Waals surface area contributed by atoms with Crippen LogP contribution in [0.2, 0.25) is 0 Å². The van der Waals surface area contributed by atoms with Crippen LogP contribution in [0.4, 0.5) is 0 Å². The molecule has 2 rings (SSSR count). The van der Waals surface area contributed by atoms with Gasteiger partial charge in [0.15, 0.2) is 6.29 Å². The monoisotopic (exact) mass is 222 g/mol. The fraction of sp³-hybridized carbons (Fsp3) is 0.538. The molecule has 0 bridgehead atoms. The molecule has 0 amide bonds. The summed E-state index contributed by atoms with van der Waals surface area (Å²) in [5, 5.41) is 0. The van der Waals surface area contributed by atoms with E-state index in [0.29, 0.717) is 0 Å². The maximum Gasteiger partial charge on any atom is 0.184 e. The Kier molecular flexibility index (Phi) is 3.46. The minimum Gasteiger partial charge on any atom is -0.497 e. The van der Waals surface area contributed by atoms with Crippen LogP contribution in [-0.2, 0) is 9.47 Å². The SMILES string of the molecule is COc1ccc(C2O[C@@H](C)C[C@H](C)O2)cc1. The van der Waals surface area contributed by atoms with Crippen molar-refractivity contribution in [1.29, 1.82) is 0 Å². The molecule has 3 heteroatoms. The lowest BCUT2D eigenvalue weighted by Crippen LogP contribution is -2.30. The van der Waals surface area contributed by atoms with Crippen LogP contribution in [0.5, 0.6) is 5.75 Å². The largest absolute Gasteiger partial charge is 0.497 e. The lowest BCUT2D eigenvalue weighted by molar-refractivity contribution is -0.239. The zero-order valence-corrected chi connectivity index (χ0v) is 9.97. The summed E-state index contributed by atoms with van der Waals surface area (Å²) in [5.41, 5.74) is 1.04. The summed E-state index contributed by atoms with van der Waals surface area (Å²) in [5.74, 6) is 0.848. The van der Waals surface area contributed by atoms with Gasteiger partial charge in [-0.25, -0.2) is 0 Å². The third-order valence-electron chi connectivity index (χ3n) is 2.76. The number of rotatable bonds is 2. The van der Waals surface area contributed by atoms with Crippen molar-refractivity contribution in [2.45, 2.75) is 38.8 Å². The van der Waals surface area contributed by atoms with Gasteiger partial charge in [0.25, 0.3) is 0 Å². The molecule has 88 valence electrons. The molecule has 1 saturated heterocycles. The van der Waals surface area contributed by atoms with E-state index in [2.05, 4.69) is 13.8 Å². The van der Waals surface area contributed by atoms with Gasteiger partial charge in [-0.2, -0.15) is 0 Å². The molecular formula is C13H18O3. The maximum atomic E-state index is 5.75. The van der Waals surface area contributed by atoms with Gasteiger partial charge in [-0.15, -0.1) is 0 Å². The molecule has 16 heavy (non-hydrogen) atoms. The van der Waals surface area contributed by atoms with Gasteiger partial charge < -0.3 is 14.2 Å². The summed E-state index contributed by atoms with van der Waals surface area (Å²) in [4.78, 5) is 0. The smallest absolute Gasteiger partial charge is 0.184 e. The molecule has 0 aliphatic carbocycles. The van der Waals surface area contributed by atoms with Gasteiger partial charge >= 0.3 is 0 Å². The Morgan fingerprint density at radius 3 is 2.12 bits per heavy atom. The molecule has 0 radical (unpaired) electrons. The van der Waals surface area contributed by atoms with Gasteiger partial charge in [0.2, 0.25) is 0 Å². The van der Waals surface area contributed by atoms with Gasteiger partial charge in [0.05, 0.1) is 19.3 Å². The number of hydrogen-bond acceptors (Lipinski definition) is 3. The van der Waals surface area contributed by atoms with E-state index in [9.17, 15) is 0 Å². The molecule has 2 atom stereocenters. The van der Waals surface area contributed by atoms with Gasteiger partial charge in [-0.3, -0.25) is 0 Å². The molecule has 1 aliphatic heterocycles. The van der Waals surface area contributed by atoms with E-state index in [0.717, 1.165) is 17.7 Å². The fourth-order valence-corrected chi connectivity index (χ4v) is 1.95. The molecule has 1 aromatic carbocycles. The van der Waals surface area contributed by atoms with Gasteiger partial charge in [0, 0.05) is 5.56 Å². The summed E-state index contributed by atoms with van der Waals surface area (Å²) >= 11 is 0.